The summed E-state index contributed by atoms with van der Waals surface area (Å²) in [4.78, 5) is 26.7. The third-order valence-corrected chi connectivity index (χ3v) is 5.54. The molecular formula is C20H29N3O2. The normalized spacial score (nSPS) is 22.8. The number of rotatable bonds is 6. The molecule has 1 aromatic carbocycles. The number of hydrogen-bond acceptors (Lipinski definition) is 3. The molecule has 3 rings (SSSR count). The summed E-state index contributed by atoms with van der Waals surface area (Å²) >= 11 is 0. The number of nitrogens with zero attached hydrogens (tertiary/aromatic N) is 1. The summed E-state index contributed by atoms with van der Waals surface area (Å²) in [6.07, 6.45) is 3.51. The van der Waals surface area contributed by atoms with Crippen LogP contribution in [-0.2, 0) is 16.1 Å². The molecule has 136 valence electrons. The van der Waals surface area contributed by atoms with Crippen molar-refractivity contribution in [1.82, 2.24) is 15.5 Å². The second-order valence-corrected chi connectivity index (χ2v) is 7.42. The minimum Gasteiger partial charge on any atom is -0.344 e. The molecule has 0 aliphatic carbocycles. The average molecular weight is 343 g/mol. The second kappa shape index (κ2) is 8.48. The first-order valence-corrected chi connectivity index (χ1v) is 9.46. The molecule has 0 spiro atoms. The lowest BCUT2D eigenvalue weighted by Crippen LogP contribution is -2.42. The topological polar surface area (TPSA) is 61.4 Å². The lowest BCUT2D eigenvalue weighted by molar-refractivity contribution is -0.133. The zero-order valence-electron chi connectivity index (χ0n) is 15.0. The first-order valence-electron chi connectivity index (χ1n) is 9.46. The Morgan fingerprint density at radius 1 is 1.24 bits per heavy atom. The predicted octanol–water partition coefficient (Wildman–Crippen LogP) is 1.93. The fourth-order valence-electron chi connectivity index (χ4n) is 3.96. The highest BCUT2D eigenvalue weighted by Gasteiger charge is 2.33. The van der Waals surface area contributed by atoms with Gasteiger partial charge in [-0.2, -0.15) is 0 Å². The predicted molar refractivity (Wildman–Crippen MR) is 97.8 cm³/mol. The van der Waals surface area contributed by atoms with Crippen molar-refractivity contribution in [1.29, 1.82) is 0 Å². The molecule has 2 unspecified atom stereocenters. The molecule has 2 aliphatic rings. The molecule has 5 nitrogen and oxygen atoms in total. The van der Waals surface area contributed by atoms with E-state index in [1.165, 1.54) is 0 Å². The molecule has 2 saturated heterocycles. The molecule has 25 heavy (non-hydrogen) atoms. The number of carbonyl (C=O) groups excluding carboxylic acids is 2. The van der Waals surface area contributed by atoms with E-state index in [9.17, 15) is 9.59 Å². The number of likely N-dealkylation sites (tertiary alicyclic amines) is 1. The van der Waals surface area contributed by atoms with E-state index in [1.54, 1.807) is 0 Å². The highest BCUT2D eigenvalue weighted by Crippen LogP contribution is 2.24. The Bertz CT molecular complexity index is 584. The fraction of sp³-hybridized carbons (Fsp3) is 0.600. The SMILES string of the molecule is CC(CC(=O)NC1CCN(Cc2ccccc2)C1=O)C1CCNCC1. The monoisotopic (exact) mass is 343 g/mol. The van der Waals surface area contributed by atoms with Gasteiger partial charge in [-0.1, -0.05) is 37.3 Å². The van der Waals surface area contributed by atoms with Crippen LogP contribution in [0.1, 0.15) is 38.2 Å². The Morgan fingerprint density at radius 2 is 1.96 bits per heavy atom. The van der Waals surface area contributed by atoms with Crippen molar-refractivity contribution in [2.24, 2.45) is 11.8 Å². The van der Waals surface area contributed by atoms with Gasteiger partial charge in [-0.3, -0.25) is 9.59 Å². The Kier molecular flexibility index (Phi) is 6.08. The highest BCUT2D eigenvalue weighted by molar-refractivity contribution is 5.89. The van der Waals surface area contributed by atoms with Crippen LogP contribution in [0.3, 0.4) is 0 Å². The molecule has 0 saturated carbocycles. The Balaban J connectivity index is 1.46. The molecule has 2 N–H and O–H groups in total. The van der Waals surface area contributed by atoms with Crippen LogP contribution >= 0.6 is 0 Å². The van der Waals surface area contributed by atoms with Crippen LogP contribution in [0.25, 0.3) is 0 Å². The molecule has 1 aromatic rings. The molecule has 2 aliphatic heterocycles. The number of piperidine rings is 1. The lowest BCUT2D eigenvalue weighted by Gasteiger charge is -2.28. The lowest BCUT2D eigenvalue weighted by atomic mass is 9.84. The summed E-state index contributed by atoms with van der Waals surface area (Å²) in [6, 6.07) is 9.65. The van der Waals surface area contributed by atoms with Gasteiger partial charge in [0.1, 0.15) is 6.04 Å². The van der Waals surface area contributed by atoms with E-state index in [-0.39, 0.29) is 17.9 Å². The zero-order chi connectivity index (χ0) is 17.6. The maximum atomic E-state index is 12.5. The highest BCUT2D eigenvalue weighted by atomic mass is 16.2. The van der Waals surface area contributed by atoms with Gasteiger partial charge in [0.2, 0.25) is 11.8 Å². The quantitative estimate of drug-likeness (QED) is 0.830. The summed E-state index contributed by atoms with van der Waals surface area (Å²) < 4.78 is 0. The molecule has 2 amide bonds. The maximum absolute atomic E-state index is 12.5. The van der Waals surface area contributed by atoms with E-state index in [2.05, 4.69) is 17.6 Å². The Morgan fingerprint density at radius 3 is 2.68 bits per heavy atom. The van der Waals surface area contributed by atoms with Crippen molar-refractivity contribution in [3.63, 3.8) is 0 Å². The van der Waals surface area contributed by atoms with Crippen molar-refractivity contribution >= 4 is 11.8 Å². The Hall–Kier alpha value is -1.88. The summed E-state index contributed by atoms with van der Waals surface area (Å²) in [5.74, 6) is 1.05. The van der Waals surface area contributed by atoms with E-state index in [0.717, 1.165) is 31.5 Å². The van der Waals surface area contributed by atoms with Crippen molar-refractivity contribution < 1.29 is 9.59 Å². The van der Waals surface area contributed by atoms with Crippen LogP contribution in [-0.4, -0.2) is 42.4 Å². The molecule has 0 aromatic heterocycles. The molecule has 2 atom stereocenters. The van der Waals surface area contributed by atoms with E-state index < -0.39 is 0 Å². The first kappa shape index (κ1) is 17.9. The van der Waals surface area contributed by atoms with Crippen LogP contribution in [0.4, 0.5) is 0 Å². The molecule has 0 radical (unpaired) electrons. The van der Waals surface area contributed by atoms with Crippen molar-refractivity contribution in [3.8, 4) is 0 Å². The minimum absolute atomic E-state index is 0.0194. The van der Waals surface area contributed by atoms with Crippen LogP contribution in [0.2, 0.25) is 0 Å². The van der Waals surface area contributed by atoms with Gasteiger partial charge >= 0.3 is 0 Å². The van der Waals surface area contributed by atoms with Gasteiger partial charge in [0.25, 0.3) is 0 Å². The van der Waals surface area contributed by atoms with E-state index in [0.29, 0.717) is 37.8 Å². The number of amides is 2. The summed E-state index contributed by atoms with van der Waals surface area (Å²) in [5.41, 5.74) is 1.13. The molecule has 5 heteroatoms. The van der Waals surface area contributed by atoms with E-state index in [1.807, 2.05) is 35.2 Å². The number of nitrogens with one attached hydrogen (secondary N) is 2. The fourth-order valence-corrected chi connectivity index (χ4v) is 3.96. The number of hydrogen-bond donors (Lipinski definition) is 2. The number of benzene rings is 1. The van der Waals surface area contributed by atoms with Gasteiger partial charge in [0.05, 0.1) is 0 Å². The van der Waals surface area contributed by atoms with Crippen molar-refractivity contribution in [3.05, 3.63) is 35.9 Å². The first-order chi connectivity index (χ1) is 12.1. The van der Waals surface area contributed by atoms with Crippen LogP contribution < -0.4 is 10.6 Å². The maximum Gasteiger partial charge on any atom is 0.245 e. The average Bonchev–Trinajstić information content (AvgIpc) is 2.96. The van der Waals surface area contributed by atoms with Crippen LogP contribution in [0.15, 0.2) is 30.3 Å². The second-order valence-electron chi connectivity index (χ2n) is 7.42. The smallest absolute Gasteiger partial charge is 0.245 e. The molecule has 2 heterocycles. The minimum atomic E-state index is -0.351. The van der Waals surface area contributed by atoms with E-state index >= 15 is 0 Å². The van der Waals surface area contributed by atoms with Gasteiger partial charge in [-0.15, -0.1) is 0 Å². The third-order valence-electron chi connectivity index (χ3n) is 5.54. The van der Waals surface area contributed by atoms with Crippen molar-refractivity contribution in [2.45, 2.75) is 45.2 Å². The van der Waals surface area contributed by atoms with E-state index in [4.69, 9.17) is 0 Å². The largest absolute Gasteiger partial charge is 0.344 e. The van der Waals surface area contributed by atoms with Crippen molar-refractivity contribution in [2.75, 3.05) is 19.6 Å². The molecular weight excluding hydrogens is 314 g/mol. The number of carbonyl (C=O) groups is 2. The van der Waals surface area contributed by atoms with Gasteiger partial charge in [0.15, 0.2) is 0 Å². The standard InChI is InChI=1S/C20H29N3O2/c1-15(17-7-10-21-11-8-17)13-19(24)22-18-9-12-23(20(18)25)14-16-5-3-2-4-6-16/h2-6,15,17-18,21H,7-14H2,1H3,(H,22,24). The summed E-state index contributed by atoms with van der Waals surface area (Å²) in [5, 5.41) is 6.33. The Labute approximate surface area is 150 Å². The summed E-state index contributed by atoms with van der Waals surface area (Å²) in [7, 11) is 0. The molecule has 0 bridgehead atoms. The third kappa shape index (κ3) is 4.82. The van der Waals surface area contributed by atoms with Gasteiger partial charge in [-0.25, -0.2) is 0 Å². The van der Waals surface area contributed by atoms with Crippen LogP contribution in [0.5, 0.6) is 0 Å². The summed E-state index contributed by atoms with van der Waals surface area (Å²) in [6.45, 7) is 5.59. The van der Waals surface area contributed by atoms with Crippen LogP contribution in [0, 0.1) is 11.8 Å². The van der Waals surface area contributed by atoms with Gasteiger partial charge in [-0.05, 0) is 49.8 Å². The molecule has 2 fully saturated rings. The zero-order valence-corrected chi connectivity index (χ0v) is 15.0. The van der Waals surface area contributed by atoms with Gasteiger partial charge in [0, 0.05) is 19.5 Å². The van der Waals surface area contributed by atoms with Gasteiger partial charge < -0.3 is 15.5 Å².